The van der Waals surface area contributed by atoms with Crippen LogP contribution in [0.2, 0.25) is 0 Å². The summed E-state index contributed by atoms with van der Waals surface area (Å²) >= 11 is 0. The van der Waals surface area contributed by atoms with Gasteiger partial charge in [0.2, 0.25) is 0 Å². The summed E-state index contributed by atoms with van der Waals surface area (Å²) in [5.74, 6) is -0.644. The fourth-order valence-electron chi connectivity index (χ4n) is 7.92. The average Bonchev–Trinajstić information content (AvgIpc) is 3.42. The summed E-state index contributed by atoms with van der Waals surface area (Å²) in [6, 6.07) is 0. The zero-order valence-corrected chi connectivity index (χ0v) is 48.7. The Hall–Kier alpha value is -4.74. The van der Waals surface area contributed by atoms with Crippen LogP contribution in [0.25, 0.3) is 0 Å². The second-order valence-corrected chi connectivity index (χ2v) is 19.7. The third-order valence-electron chi connectivity index (χ3n) is 12.5. The molecule has 0 fully saturated rings. The van der Waals surface area contributed by atoms with Gasteiger partial charge < -0.3 is 14.6 Å². The molecule has 0 aromatic carbocycles. The van der Waals surface area contributed by atoms with Crippen LogP contribution in [-0.2, 0) is 19.1 Å². The summed E-state index contributed by atoms with van der Waals surface area (Å²) < 4.78 is 10.7. The lowest BCUT2D eigenvalue weighted by molar-refractivity contribution is -0.161. The molecule has 0 radical (unpaired) electrons. The molecule has 0 aliphatic carbocycles. The first-order valence-corrected chi connectivity index (χ1v) is 30.7. The summed E-state index contributed by atoms with van der Waals surface area (Å²) in [7, 11) is 0. The van der Waals surface area contributed by atoms with Crippen molar-refractivity contribution in [2.24, 2.45) is 0 Å². The lowest BCUT2D eigenvalue weighted by atomic mass is 10.1. The number of hydrogen-bond donors (Lipinski definition) is 1. The van der Waals surface area contributed by atoms with E-state index in [0.717, 1.165) is 128 Å². The molecule has 0 aromatic rings. The van der Waals surface area contributed by atoms with Gasteiger partial charge in [0.15, 0.2) is 6.10 Å². The van der Waals surface area contributed by atoms with Crippen LogP contribution in [0.3, 0.4) is 0 Å². The van der Waals surface area contributed by atoms with Crippen LogP contribution in [0.1, 0.15) is 245 Å². The highest BCUT2D eigenvalue weighted by molar-refractivity contribution is 5.70. The molecule has 0 aliphatic heterocycles. The van der Waals surface area contributed by atoms with E-state index >= 15 is 0 Å². The molecule has 0 aliphatic rings. The summed E-state index contributed by atoms with van der Waals surface area (Å²) in [4.78, 5) is 24.6. The van der Waals surface area contributed by atoms with Crippen molar-refractivity contribution in [3.8, 4) is 0 Å². The number of carbonyl (C=O) groups is 2. The van der Waals surface area contributed by atoms with Crippen molar-refractivity contribution in [1.29, 1.82) is 0 Å². The highest BCUT2D eigenvalue weighted by Gasteiger charge is 2.16. The first-order chi connectivity index (χ1) is 37.6. The van der Waals surface area contributed by atoms with E-state index in [9.17, 15) is 14.7 Å². The number of hydrogen-bond acceptors (Lipinski definition) is 5. The second kappa shape index (κ2) is 64.5. The van der Waals surface area contributed by atoms with Crippen molar-refractivity contribution < 1.29 is 24.2 Å². The first-order valence-electron chi connectivity index (χ1n) is 30.7. The minimum Gasteiger partial charge on any atom is -0.462 e. The van der Waals surface area contributed by atoms with Crippen LogP contribution < -0.4 is 0 Å². The quantitative estimate of drug-likeness (QED) is 0.0373. The van der Waals surface area contributed by atoms with Gasteiger partial charge in [-0.05, 0) is 135 Å². The molecule has 0 heterocycles. The van der Waals surface area contributed by atoms with E-state index in [-0.39, 0.29) is 25.2 Å². The maximum Gasteiger partial charge on any atom is 0.306 e. The van der Waals surface area contributed by atoms with Crippen LogP contribution in [0.4, 0.5) is 0 Å². The van der Waals surface area contributed by atoms with Gasteiger partial charge in [-0.25, -0.2) is 0 Å². The van der Waals surface area contributed by atoms with Gasteiger partial charge in [0.1, 0.15) is 6.61 Å². The fourth-order valence-corrected chi connectivity index (χ4v) is 7.92. The molecule has 0 spiro atoms. The van der Waals surface area contributed by atoms with Crippen LogP contribution in [-0.4, -0.2) is 36.4 Å². The molecule has 426 valence electrons. The number of aliphatic hydroxyl groups excluding tert-OH is 1. The van der Waals surface area contributed by atoms with Gasteiger partial charge in [0.25, 0.3) is 0 Å². The van der Waals surface area contributed by atoms with Crippen molar-refractivity contribution in [2.45, 2.75) is 251 Å². The highest BCUT2D eigenvalue weighted by Crippen LogP contribution is 2.14. The minimum atomic E-state index is -0.806. The molecule has 1 unspecified atom stereocenters. The van der Waals surface area contributed by atoms with Crippen LogP contribution >= 0.6 is 0 Å². The monoisotopic (exact) mass is 1040 g/mol. The molecular weight excluding hydrogens is 933 g/mol. The zero-order valence-electron chi connectivity index (χ0n) is 48.7. The van der Waals surface area contributed by atoms with E-state index in [1.54, 1.807) is 0 Å². The molecule has 5 heteroatoms. The zero-order chi connectivity index (χ0) is 54.8. The Balaban J connectivity index is 3.67. The van der Waals surface area contributed by atoms with E-state index in [4.69, 9.17) is 9.47 Å². The Morgan fingerprint density at radius 2 is 0.566 bits per heavy atom. The molecule has 0 aromatic heterocycles. The van der Waals surface area contributed by atoms with Crippen LogP contribution in [0.5, 0.6) is 0 Å². The Labute approximate surface area is 468 Å². The number of aliphatic hydroxyl groups is 1. The predicted molar refractivity (Wildman–Crippen MR) is 333 cm³/mol. The number of ether oxygens (including phenoxy) is 2. The van der Waals surface area contributed by atoms with E-state index in [1.807, 2.05) is 0 Å². The Bertz CT molecular complexity index is 1700. The molecule has 1 atom stereocenters. The van der Waals surface area contributed by atoms with Gasteiger partial charge in [0.05, 0.1) is 6.61 Å². The number of esters is 2. The molecule has 0 amide bonds. The Kier molecular flexibility index (Phi) is 60.5. The second-order valence-electron chi connectivity index (χ2n) is 19.7. The van der Waals surface area contributed by atoms with Gasteiger partial charge in [-0.15, -0.1) is 0 Å². The van der Waals surface area contributed by atoms with Gasteiger partial charge in [-0.1, -0.05) is 267 Å². The van der Waals surface area contributed by atoms with E-state index < -0.39 is 6.10 Å². The Morgan fingerprint density at radius 1 is 0.316 bits per heavy atom. The summed E-state index contributed by atoms with van der Waals surface area (Å²) in [6.45, 7) is 3.98. The Morgan fingerprint density at radius 3 is 0.868 bits per heavy atom. The SMILES string of the molecule is CC/C=C\C/C=C\C/C=C\C/C=C\C/C=C\C/C=C\C/C=C\C/C=C\C/C=C\C/C=C\C/C=C\CCCCCC(=O)OC(CO)COC(=O)CCCCCCCCCCCC/C=C\C/C=C\C/C=C\CCCCCCC. The third-order valence-corrected chi connectivity index (χ3v) is 12.5. The number of allylic oxidation sites excluding steroid dienone is 28. The average molecular weight is 1050 g/mol. The van der Waals surface area contributed by atoms with Crippen molar-refractivity contribution in [3.63, 3.8) is 0 Å². The molecule has 0 saturated carbocycles. The highest BCUT2D eigenvalue weighted by atomic mass is 16.6. The summed E-state index contributed by atoms with van der Waals surface area (Å²) in [6.07, 6.45) is 100. The molecule has 5 nitrogen and oxygen atoms in total. The third kappa shape index (κ3) is 61.8. The largest absolute Gasteiger partial charge is 0.462 e. The normalized spacial score (nSPS) is 13.5. The minimum absolute atomic E-state index is 0.0925. The number of unbranched alkanes of at least 4 members (excludes halogenated alkanes) is 18. The van der Waals surface area contributed by atoms with Gasteiger partial charge >= 0.3 is 11.9 Å². The van der Waals surface area contributed by atoms with E-state index in [2.05, 4.69) is 184 Å². The first kappa shape index (κ1) is 71.3. The van der Waals surface area contributed by atoms with E-state index in [1.165, 1.54) is 89.9 Å². The number of carbonyl (C=O) groups excluding carboxylic acids is 2. The standard InChI is InChI=1S/C71H112O5/c1-3-5-7-9-11-13-15-17-19-21-23-25-27-29-30-31-32-33-34-35-36-37-38-39-40-42-44-46-48-50-52-54-56-58-60-62-64-66-71(74)76-69(67-72)68-75-70(73)65-63-61-59-57-55-53-51-49-47-45-43-41-28-26-24-22-20-18-16-14-12-10-8-6-4-2/h5,7,11,13,16-19,22-25,28-30,32-33,35-36,38-39,41-42,44,48,50,54,56,69,72H,3-4,6,8-10,12,14-15,20-21,26-27,31,34,37,40,43,45-47,49,51-53,55,57-68H2,1-2H3/b7-5-,13-11-,18-16-,19-17-,24-22-,25-23-,30-29-,33-32-,36-35-,39-38-,41-28-,44-42-,50-48-,56-54-. The van der Waals surface area contributed by atoms with Gasteiger partial charge in [-0.2, -0.15) is 0 Å². The van der Waals surface area contributed by atoms with Crippen molar-refractivity contribution >= 4 is 11.9 Å². The maximum atomic E-state index is 12.3. The summed E-state index contributed by atoms with van der Waals surface area (Å²) in [5.41, 5.74) is 0. The lowest BCUT2D eigenvalue weighted by Crippen LogP contribution is -2.28. The summed E-state index contributed by atoms with van der Waals surface area (Å²) in [5, 5.41) is 9.67. The fraction of sp³-hybridized carbons (Fsp3) is 0.577. The van der Waals surface area contributed by atoms with Gasteiger partial charge in [0, 0.05) is 12.8 Å². The molecule has 0 bridgehead atoms. The molecule has 1 N–H and O–H groups in total. The lowest BCUT2D eigenvalue weighted by Gasteiger charge is -2.15. The number of rotatable bonds is 54. The van der Waals surface area contributed by atoms with Crippen molar-refractivity contribution in [3.05, 3.63) is 170 Å². The van der Waals surface area contributed by atoms with Crippen LogP contribution in [0, 0.1) is 0 Å². The van der Waals surface area contributed by atoms with Gasteiger partial charge in [-0.3, -0.25) is 9.59 Å². The topological polar surface area (TPSA) is 72.8 Å². The molecule has 0 saturated heterocycles. The predicted octanol–water partition coefficient (Wildman–Crippen LogP) is 21.3. The van der Waals surface area contributed by atoms with E-state index in [0.29, 0.717) is 12.8 Å². The maximum absolute atomic E-state index is 12.3. The smallest absolute Gasteiger partial charge is 0.306 e. The molecular formula is C71H112O5. The molecule has 76 heavy (non-hydrogen) atoms. The molecule has 0 rings (SSSR count). The van der Waals surface area contributed by atoms with Crippen molar-refractivity contribution in [1.82, 2.24) is 0 Å². The van der Waals surface area contributed by atoms with Crippen LogP contribution in [0.15, 0.2) is 170 Å². The van der Waals surface area contributed by atoms with Crippen molar-refractivity contribution in [2.75, 3.05) is 13.2 Å².